The highest BCUT2D eigenvalue weighted by Gasteiger charge is 2.24. The number of hydrogen-bond donors (Lipinski definition) is 1. The van der Waals surface area contributed by atoms with E-state index in [1.165, 1.54) is 27.7 Å². The van der Waals surface area contributed by atoms with E-state index in [4.69, 9.17) is 0 Å². The molecule has 0 radical (unpaired) electrons. The van der Waals surface area contributed by atoms with Crippen LogP contribution in [0.2, 0.25) is 0 Å². The Bertz CT molecular complexity index is 707. The molecule has 5 nitrogen and oxygen atoms in total. The predicted molar refractivity (Wildman–Crippen MR) is 81.4 cm³/mol. The van der Waals surface area contributed by atoms with Gasteiger partial charge < -0.3 is 5.32 Å². The molecule has 0 aromatic carbocycles. The van der Waals surface area contributed by atoms with Crippen molar-refractivity contribution in [3.8, 4) is 0 Å². The Hall–Kier alpha value is -1.34. The summed E-state index contributed by atoms with van der Waals surface area (Å²) in [6, 6.07) is 1.79. The number of aromatic nitrogens is 2. The quantitative estimate of drug-likeness (QED) is 0.859. The number of thioether (sulfide) groups is 1. The van der Waals surface area contributed by atoms with E-state index in [0.717, 1.165) is 30.6 Å². The van der Waals surface area contributed by atoms with Crippen LogP contribution in [0.1, 0.15) is 19.3 Å². The number of carbonyl (C=O) groups is 1. The van der Waals surface area contributed by atoms with Crippen molar-refractivity contribution < 1.29 is 4.79 Å². The first-order valence-electron chi connectivity index (χ1n) is 6.55. The maximum absolute atomic E-state index is 12.2. The van der Waals surface area contributed by atoms with Crippen LogP contribution in [-0.2, 0) is 11.8 Å². The van der Waals surface area contributed by atoms with Crippen LogP contribution in [0.15, 0.2) is 21.4 Å². The van der Waals surface area contributed by atoms with Crippen molar-refractivity contribution in [2.75, 3.05) is 6.54 Å². The van der Waals surface area contributed by atoms with Crippen molar-refractivity contribution in [2.24, 2.45) is 7.05 Å². The first-order chi connectivity index (χ1) is 9.66. The third-order valence-corrected chi connectivity index (χ3v) is 5.51. The molecule has 1 aliphatic heterocycles. The Balaban J connectivity index is 1.95. The van der Waals surface area contributed by atoms with E-state index >= 15 is 0 Å². The molecular weight excluding hydrogens is 294 g/mol. The van der Waals surface area contributed by atoms with E-state index in [2.05, 4.69) is 10.3 Å². The summed E-state index contributed by atoms with van der Waals surface area (Å²) in [6.45, 7) is 0.742. The number of thiophene rings is 1. The molecular formula is C13H15N3O2S2. The lowest BCUT2D eigenvalue weighted by molar-refractivity contribution is -0.120. The number of fused-ring (bicyclic) bond motifs is 1. The Labute approximate surface area is 124 Å². The molecule has 1 aliphatic rings. The van der Waals surface area contributed by atoms with Gasteiger partial charge in [-0.2, -0.15) is 0 Å². The van der Waals surface area contributed by atoms with Crippen molar-refractivity contribution in [3.05, 3.63) is 21.8 Å². The third kappa shape index (κ3) is 2.47. The molecule has 3 rings (SSSR count). The molecule has 1 fully saturated rings. The van der Waals surface area contributed by atoms with Gasteiger partial charge in [-0.05, 0) is 24.3 Å². The molecule has 1 amide bonds. The highest BCUT2D eigenvalue weighted by molar-refractivity contribution is 8.00. The number of nitrogens with one attached hydrogen (secondary N) is 1. The SMILES string of the molecule is Cn1c(S[C@H]2CCCCNC2=O)nc2sccc2c1=O. The summed E-state index contributed by atoms with van der Waals surface area (Å²) in [5, 5.41) is 5.88. The smallest absolute Gasteiger partial charge is 0.262 e. The lowest BCUT2D eigenvalue weighted by Gasteiger charge is -2.14. The van der Waals surface area contributed by atoms with Gasteiger partial charge in [-0.3, -0.25) is 14.2 Å². The Morgan fingerprint density at radius 3 is 3.15 bits per heavy atom. The molecule has 1 atom stereocenters. The van der Waals surface area contributed by atoms with Gasteiger partial charge in [-0.15, -0.1) is 11.3 Å². The first kappa shape index (κ1) is 13.6. The van der Waals surface area contributed by atoms with E-state index < -0.39 is 0 Å². The van der Waals surface area contributed by atoms with E-state index in [9.17, 15) is 9.59 Å². The summed E-state index contributed by atoms with van der Waals surface area (Å²) in [5.74, 6) is 0.0491. The average molecular weight is 309 g/mol. The zero-order valence-corrected chi connectivity index (χ0v) is 12.7. The van der Waals surface area contributed by atoms with Crippen LogP contribution in [0.3, 0.4) is 0 Å². The molecule has 0 unspecified atom stereocenters. The molecule has 1 saturated heterocycles. The number of rotatable bonds is 2. The van der Waals surface area contributed by atoms with Gasteiger partial charge in [0.1, 0.15) is 4.83 Å². The molecule has 2 aromatic heterocycles. The van der Waals surface area contributed by atoms with Gasteiger partial charge in [-0.1, -0.05) is 18.2 Å². The van der Waals surface area contributed by atoms with E-state index in [1.54, 1.807) is 13.1 Å². The van der Waals surface area contributed by atoms with Gasteiger partial charge in [0, 0.05) is 13.6 Å². The normalized spacial score (nSPS) is 19.9. The standard InChI is InChI=1S/C13H15N3O2S2/c1-16-12(18)8-5-7-19-11(8)15-13(16)20-9-4-2-3-6-14-10(9)17/h5,7,9H,2-4,6H2,1H3,(H,14,17)/t9-/m0/s1. The summed E-state index contributed by atoms with van der Waals surface area (Å²) in [7, 11) is 1.71. The summed E-state index contributed by atoms with van der Waals surface area (Å²) >= 11 is 2.84. The molecule has 106 valence electrons. The zero-order chi connectivity index (χ0) is 14.1. The van der Waals surface area contributed by atoms with Gasteiger partial charge >= 0.3 is 0 Å². The van der Waals surface area contributed by atoms with Gasteiger partial charge in [0.2, 0.25) is 5.91 Å². The maximum atomic E-state index is 12.2. The molecule has 1 N–H and O–H groups in total. The van der Waals surface area contributed by atoms with Gasteiger partial charge in [0.25, 0.3) is 5.56 Å². The second-order valence-electron chi connectivity index (χ2n) is 4.79. The van der Waals surface area contributed by atoms with Crippen LogP contribution in [0.25, 0.3) is 10.2 Å². The Kier molecular flexibility index (Phi) is 3.80. The number of carbonyl (C=O) groups excluding carboxylic acids is 1. The highest BCUT2D eigenvalue weighted by atomic mass is 32.2. The minimum Gasteiger partial charge on any atom is -0.355 e. The van der Waals surface area contributed by atoms with Gasteiger partial charge in [0.15, 0.2) is 5.16 Å². The van der Waals surface area contributed by atoms with Crippen molar-refractivity contribution in [1.82, 2.24) is 14.9 Å². The summed E-state index contributed by atoms with van der Waals surface area (Å²) in [5.41, 5.74) is -0.0484. The maximum Gasteiger partial charge on any atom is 0.262 e. The highest BCUT2D eigenvalue weighted by Crippen LogP contribution is 2.27. The Morgan fingerprint density at radius 1 is 1.45 bits per heavy atom. The number of nitrogens with zero attached hydrogens (tertiary/aromatic N) is 2. The van der Waals surface area contributed by atoms with E-state index in [-0.39, 0.29) is 16.7 Å². The predicted octanol–water partition coefficient (Wildman–Crippen LogP) is 1.76. The van der Waals surface area contributed by atoms with Crippen LogP contribution in [0.4, 0.5) is 0 Å². The lowest BCUT2D eigenvalue weighted by Crippen LogP contribution is -2.31. The molecule has 0 bridgehead atoms. The summed E-state index contributed by atoms with van der Waals surface area (Å²) < 4.78 is 1.54. The monoisotopic (exact) mass is 309 g/mol. The second-order valence-corrected chi connectivity index (χ2v) is 6.86. The Morgan fingerprint density at radius 2 is 2.30 bits per heavy atom. The first-order valence-corrected chi connectivity index (χ1v) is 8.31. The fraction of sp³-hybridized carbons (Fsp3) is 0.462. The second kappa shape index (κ2) is 5.57. The largest absolute Gasteiger partial charge is 0.355 e. The van der Waals surface area contributed by atoms with Crippen LogP contribution in [0.5, 0.6) is 0 Å². The summed E-state index contributed by atoms with van der Waals surface area (Å²) in [6.07, 6.45) is 2.86. The van der Waals surface area contributed by atoms with E-state index in [0.29, 0.717) is 10.5 Å². The van der Waals surface area contributed by atoms with Gasteiger partial charge in [0.05, 0.1) is 10.6 Å². The van der Waals surface area contributed by atoms with Crippen LogP contribution >= 0.6 is 23.1 Å². The van der Waals surface area contributed by atoms with Crippen LogP contribution < -0.4 is 10.9 Å². The third-order valence-electron chi connectivity index (χ3n) is 3.40. The minimum absolute atomic E-state index is 0.0484. The van der Waals surface area contributed by atoms with Gasteiger partial charge in [-0.25, -0.2) is 4.98 Å². The molecule has 3 heterocycles. The fourth-order valence-electron chi connectivity index (χ4n) is 2.24. The summed E-state index contributed by atoms with van der Waals surface area (Å²) in [4.78, 5) is 29.5. The molecule has 20 heavy (non-hydrogen) atoms. The molecule has 0 saturated carbocycles. The topological polar surface area (TPSA) is 64.0 Å². The van der Waals surface area contributed by atoms with E-state index in [1.807, 2.05) is 5.38 Å². The minimum atomic E-state index is -0.159. The van der Waals surface area contributed by atoms with Crippen molar-refractivity contribution in [3.63, 3.8) is 0 Å². The molecule has 2 aromatic rings. The lowest BCUT2D eigenvalue weighted by atomic mass is 10.2. The van der Waals surface area contributed by atoms with Crippen LogP contribution in [-0.4, -0.2) is 27.3 Å². The molecule has 0 spiro atoms. The molecule has 7 heteroatoms. The zero-order valence-electron chi connectivity index (χ0n) is 11.1. The van der Waals surface area contributed by atoms with Crippen LogP contribution in [0, 0.1) is 0 Å². The number of amides is 1. The van der Waals surface area contributed by atoms with Crippen molar-refractivity contribution in [1.29, 1.82) is 0 Å². The molecule has 0 aliphatic carbocycles. The van der Waals surface area contributed by atoms with Crippen molar-refractivity contribution in [2.45, 2.75) is 29.7 Å². The number of hydrogen-bond acceptors (Lipinski definition) is 5. The average Bonchev–Trinajstić information content (AvgIpc) is 2.81. The fourth-order valence-corrected chi connectivity index (χ4v) is 4.16. The van der Waals surface area contributed by atoms with Crippen molar-refractivity contribution >= 4 is 39.2 Å².